The van der Waals surface area contributed by atoms with Crippen LogP contribution in [0.5, 0.6) is 0 Å². The third kappa shape index (κ3) is 3.62. The number of nitrogen functional groups attached to an aromatic ring is 1. The zero-order valence-electron chi connectivity index (χ0n) is 10.5. The minimum absolute atomic E-state index is 0.00174. The standard InChI is InChI=1S/C12H17F2N3OS/c13-10(14)8-9(19-12(15)17-8)11(18)16-6-7-4-2-1-3-5-7/h7,10H,1-6H2,(H2,15,17)(H,16,18). The third-order valence-corrected chi connectivity index (χ3v) is 4.26. The normalized spacial score (nSPS) is 16.8. The van der Waals surface area contributed by atoms with Gasteiger partial charge in [-0.2, -0.15) is 0 Å². The lowest BCUT2D eigenvalue weighted by atomic mass is 9.89. The molecule has 0 radical (unpaired) electrons. The summed E-state index contributed by atoms with van der Waals surface area (Å²) in [6.45, 7) is 0.541. The Balaban J connectivity index is 1.95. The number of aromatic nitrogens is 1. The van der Waals surface area contributed by atoms with Gasteiger partial charge < -0.3 is 11.1 Å². The van der Waals surface area contributed by atoms with E-state index < -0.39 is 18.0 Å². The molecule has 1 aliphatic rings. The highest BCUT2D eigenvalue weighted by Gasteiger charge is 2.24. The van der Waals surface area contributed by atoms with E-state index in [1.54, 1.807) is 0 Å². The predicted molar refractivity (Wildman–Crippen MR) is 70.4 cm³/mol. The molecule has 3 N–H and O–H groups in total. The second-order valence-electron chi connectivity index (χ2n) is 4.78. The molecule has 7 heteroatoms. The lowest BCUT2D eigenvalue weighted by molar-refractivity contribution is 0.0933. The van der Waals surface area contributed by atoms with Crippen molar-refractivity contribution < 1.29 is 13.6 Å². The Labute approximate surface area is 114 Å². The number of nitrogens with two attached hydrogens (primary N) is 1. The van der Waals surface area contributed by atoms with Crippen molar-refractivity contribution in [3.63, 3.8) is 0 Å². The summed E-state index contributed by atoms with van der Waals surface area (Å²) in [7, 11) is 0. The Morgan fingerprint density at radius 3 is 2.74 bits per heavy atom. The highest BCUT2D eigenvalue weighted by molar-refractivity contribution is 7.17. The van der Waals surface area contributed by atoms with Gasteiger partial charge in [0.25, 0.3) is 12.3 Å². The average Bonchev–Trinajstić information content (AvgIpc) is 2.79. The van der Waals surface area contributed by atoms with Crippen molar-refractivity contribution in [2.24, 2.45) is 5.92 Å². The van der Waals surface area contributed by atoms with Crippen LogP contribution in [0.15, 0.2) is 0 Å². The van der Waals surface area contributed by atoms with Crippen LogP contribution in [0.4, 0.5) is 13.9 Å². The largest absolute Gasteiger partial charge is 0.375 e. The number of halogens is 2. The second kappa shape index (κ2) is 6.27. The molecular formula is C12H17F2N3OS. The molecule has 1 aromatic rings. The maximum Gasteiger partial charge on any atom is 0.282 e. The van der Waals surface area contributed by atoms with Crippen LogP contribution in [-0.4, -0.2) is 17.4 Å². The zero-order valence-corrected chi connectivity index (χ0v) is 11.3. The Bertz CT molecular complexity index is 444. The van der Waals surface area contributed by atoms with Crippen molar-refractivity contribution >= 4 is 22.4 Å². The van der Waals surface area contributed by atoms with E-state index in [9.17, 15) is 13.6 Å². The fourth-order valence-electron chi connectivity index (χ4n) is 2.37. The van der Waals surface area contributed by atoms with Crippen LogP contribution < -0.4 is 11.1 Å². The molecular weight excluding hydrogens is 272 g/mol. The summed E-state index contributed by atoms with van der Waals surface area (Å²) < 4.78 is 25.4. The smallest absolute Gasteiger partial charge is 0.282 e. The first-order valence-corrected chi connectivity index (χ1v) is 7.22. The number of nitrogens with zero attached hydrogens (tertiary/aromatic N) is 1. The van der Waals surface area contributed by atoms with Gasteiger partial charge in [0, 0.05) is 6.54 Å². The van der Waals surface area contributed by atoms with E-state index in [4.69, 9.17) is 5.73 Å². The van der Waals surface area contributed by atoms with Crippen LogP contribution in [-0.2, 0) is 0 Å². The first kappa shape index (κ1) is 14.2. The maximum atomic E-state index is 12.7. The molecule has 1 amide bonds. The van der Waals surface area contributed by atoms with Crippen LogP contribution in [0, 0.1) is 5.92 Å². The molecule has 1 aromatic heterocycles. The van der Waals surface area contributed by atoms with Crippen molar-refractivity contribution in [1.29, 1.82) is 0 Å². The average molecular weight is 289 g/mol. The number of rotatable bonds is 4. The van der Waals surface area contributed by atoms with Gasteiger partial charge in [0.1, 0.15) is 10.6 Å². The molecule has 0 saturated heterocycles. The van der Waals surface area contributed by atoms with Gasteiger partial charge in [-0.05, 0) is 18.8 Å². The molecule has 0 spiro atoms. The fraction of sp³-hybridized carbons (Fsp3) is 0.667. The van der Waals surface area contributed by atoms with Crippen molar-refractivity contribution in [3.05, 3.63) is 10.6 Å². The van der Waals surface area contributed by atoms with Crippen LogP contribution in [0.3, 0.4) is 0 Å². The molecule has 0 aliphatic heterocycles. The number of thiazole rings is 1. The molecule has 0 bridgehead atoms. The maximum absolute atomic E-state index is 12.7. The van der Waals surface area contributed by atoms with E-state index in [0.717, 1.165) is 24.2 Å². The van der Waals surface area contributed by atoms with Gasteiger partial charge in [0.05, 0.1) is 0 Å². The summed E-state index contributed by atoms with van der Waals surface area (Å²) in [5, 5.41) is 2.72. The number of hydrogen-bond acceptors (Lipinski definition) is 4. The molecule has 1 fully saturated rings. The van der Waals surface area contributed by atoms with Crippen molar-refractivity contribution in [2.45, 2.75) is 38.5 Å². The van der Waals surface area contributed by atoms with Gasteiger partial charge >= 0.3 is 0 Å². The first-order chi connectivity index (χ1) is 9.08. The molecule has 0 aromatic carbocycles. The molecule has 19 heavy (non-hydrogen) atoms. The molecule has 106 valence electrons. The molecule has 4 nitrogen and oxygen atoms in total. The van der Waals surface area contributed by atoms with E-state index in [1.807, 2.05) is 0 Å². The number of nitrogens with one attached hydrogen (secondary N) is 1. The molecule has 1 saturated carbocycles. The first-order valence-electron chi connectivity index (χ1n) is 6.40. The fourth-order valence-corrected chi connectivity index (χ4v) is 3.13. The SMILES string of the molecule is Nc1nc(C(F)F)c(C(=O)NCC2CCCCC2)s1. The highest BCUT2D eigenvalue weighted by atomic mass is 32.1. The van der Waals surface area contributed by atoms with Gasteiger partial charge in [-0.3, -0.25) is 4.79 Å². The van der Waals surface area contributed by atoms with E-state index >= 15 is 0 Å². The molecule has 0 atom stereocenters. The Morgan fingerprint density at radius 1 is 1.42 bits per heavy atom. The van der Waals surface area contributed by atoms with Gasteiger partial charge in [0.2, 0.25) is 0 Å². The monoisotopic (exact) mass is 289 g/mol. The number of carbonyl (C=O) groups is 1. The number of amides is 1. The van der Waals surface area contributed by atoms with Gasteiger partial charge in [-0.15, -0.1) is 0 Å². The van der Waals surface area contributed by atoms with Crippen molar-refractivity contribution in [3.8, 4) is 0 Å². The van der Waals surface area contributed by atoms with Gasteiger partial charge in [-0.1, -0.05) is 30.6 Å². The minimum atomic E-state index is -2.77. The summed E-state index contributed by atoms with van der Waals surface area (Å²) in [6, 6.07) is 0. The summed E-state index contributed by atoms with van der Waals surface area (Å²) in [6.07, 6.45) is 3.00. The van der Waals surface area contributed by atoms with E-state index in [1.165, 1.54) is 19.3 Å². The lowest BCUT2D eigenvalue weighted by Gasteiger charge is -2.21. The van der Waals surface area contributed by atoms with Crippen LogP contribution >= 0.6 is 11.3 Å². The van der Waals surface area contributed by atoms with E-state index in [0.29, 0.717) is 12.5 Å². The molecule has 1 heterocycles. The van der Waals surface area contributed by atoms with E-state index in [2.05, 4.69) is 10.3 Å². The Morgan fingerprint density at radius 2 is 2.11 bits per heavy atom. The van der Waals surface area contributed by atoms with E-state index in [-0.39, 0.29) is 10.0 Å². The van der Waals surface area contributed by atoms with Crippen LogP contribution in [0.25, 0.3) is 0 Å². The molecule has 2 rings (SSSR count). The third-order valence-electron chi connectivity index (χ3n) is 3.36. The van der Waals surface area contributed by atoms with Gasteiger partial charge in [0.15, 0.2) is 5.13 Å². The van der Waals surface area contributed by atoms with Crippen LogP contribution in [0.1, 0.15) is 53.9 Å². The summed E-state index contributed by atoms with van der Waals surface area (Å²) in [4.78, 5) is 15.3. The molecule has 0 unspecified atom stereocenters. The Hall–Kier alpha value is -1.24. The zero-order chi connectivity index (χ0) is 13.8. The topological polar surface area (TPSA) is 68.0 Å². The number of anilines is 1. The highest BCUT2D eigenvalue weighted by Crippen LogP contribution is 2.29. The summed E-state index contributed by atoms with van der Waals surface area (Å²) in [5.74, 6) is -0.0342. The second-order valence-corrected chi connectivity index (χ2v) is 5.81. The van der Waals surface area contributed by atoms with Gasteiger partial charge in [-0.25, -0.2) is 13.8 Å². The van der Waals surface area contributed by atoms with Crippen molar-refractivity contribution in [1.82, 2.24) is 10.3 Å². The number of carbonyl (C=O) groups excluding carboxylic acids is 1. The number of alkyl halides is 2. The summed E-state index contributed by atoms with van der Waals surface area (Å²) >= 11 is 0.812. The number of hydrogen-bond donors (Lipinski definition) is 2. The van der Waals surface area contributed by atoms with Crippen molar-refractivity contribution in [2.75, 3.05) is 12.3 Å². The summed E-state index contributed by atoms with van der Waals surface area (Å²) in [5.41, 5.74) is 4.88. The Kier molecular flexibility index (Phi) is 4.68. The lowest BCUT2D eigenvalue weighted by Crippen LogP contribution is -2.30. The predicted octanol–water partition coefficient (Wildman–Crippen LogP) is 2.97. The molecule has 1 aliphatic carbocycles. The van der Waals surface area contributed by atoms with Crippen LogP contribution in [0.2, 0.25) is 0 Å². The minimum Gasteiger partial charge on any atom is -0.375 e. The quantitative estimate of drug-likeness (QED) is 0.895.